The maximum atomic E-state index is 3.16. The summed E-state index contributed by atoms with van der Waals surface area (Å²) in [4.78, 5) is 0. The predicted octanol–water partition coefficient (Wildman–Crippen LogP) is 1.71. The molecule has 1 N–H and O–H groups in total. The summed E-state index contributed by atoms with van der Waals surface area (Å²) in [5.41, 5.74) is 0. The second-order valence-electron chi connectivity index (χ2n) is 1.05. The highest BCUT2D eigenvalue weighted by Gasteiger charge is 1.91. The van der Waals surface area contributed by atoms with Crippen LogP contribution in [0.15, 0.2) is 11.6 Å². The van der Waals surface area contributed by atoms with Gasteiger partial charge in [-0.05, 0) is 27.4 Å². The summed E-state index contributed by atoms with van der Waals surface area (Å²) >= 11 is 0. The summed E-state index contributed by atoms with van der Waals surface area (Å²) in [6, 6.07) is 0. The Morgan fingerprint density at radius 2 is 2.71 bits per heavy atom. The van der Waals surface area contributed by atoms with Crippen LogP contribution in [-0.2, 0) is 0 Å². The molecule has 7 heavy (non-hydrogen) atoms. The fourth-order valence-electron chi connectivity index (χ4n) is 0.334. The lowest BCUT2D eigenvalue weighted by molar-refractivity contribution is 1.45. The molecule has 1 atom stereocenters. The Hall–Kier alpha value is 0.110. The molecular weight excluding hydrogens is 126 g/mol. The van der Waals surface area contributed by atoms with E-state index in [2.05, 4.69) is 22.4 Å². The molecule has 1 unspecified atom stereocenters. The van der Waals surface area contributed by atoms with Gasteiger partial charge in [0.05, 0.1) is 0 Å². The molecule has 0 aromatic rings. The van der Waals surface area contributed by atoms with Gasteiger partial charge in [-0.2, -0.15) is 0 Å². The predicted molar refractivity (Wildman–Crippen MR) is 39.2 cm³/mol. The first-order chi connectivity index (χ1) is 3.43. The van der Waals surface area contributed by atoms with E-state index < -0.39 is 0 Å². The summed E-state index contributed by atoms with van der Waals surface area (Å²) in [6.45, 7) is 2.07. The lowest BCUT2D eigenvalue weighted by atomic mass is 11.0. The minimum Gasteiger partial charge on any atom is -0.333 e. The normalized spacial score (nSPS) is 28.4. The number of hydrogen-bond donors (Lipinski definition) is 1. The van der Waals surface area contributed by atoms with Gasteiger partial charge in [0.15, 0.2) is 0 Å². The van der Waals surface area contributed by atoms with E-state index in [1.165, 1.54) is 0 Å². The maximum Gasteiger partial charge on any atom is 0.0147 e. The monoisotopic (exact) mass is 133 g/mol. The van der Waals surface area contributed by atoms with Gasteiger partial charge in [0, 0.05) is 6.20 Å². The Bertz CT molecular complexity index is 107. The molecule has 0 aromatic heterocycles. The van der Waals surface area contributed by atoms with Crippen LogP contribution in [0.5, 0.6) is 0 Å². The highest BCUT2D eigenvalue weighted by Crippen LogP contribution is 2.31. The van der Waals surface area contributed by atoms with E-state index in [0.29, 0.717) is 9.70 Å². The third-order valence-corrected chi connectivity index (χ3v) is 3.70. The molecule has 1 rings (SSSR count). The van der Waals surface area contributed by atoms with Gasteiger partial charge in [-0.3, -0.25) is 0 Å². The Morgan fingerprint density at radius 1 is 1.86 bits per heavy atom. The maximum absolute atomic E-state index is 3.16. The lowest BCUT2D eigenvalue weighted by Gasteiger charge is -1.92. The van der Waals surface area contributed by atoms with Crippen molar-refractivity contribution in [1.82, 2.24) is 4.72 Å². The molecule has 0 aromatic carbocycles. The largest absolute Gasteiger partial charge is 0.333 e. The minimum atomic E-state index is 0.296. The molecule has 1 nitrogen and oxygen atoms in total. The Balaban J connectivity index is 2.51. The lowest BCUT2D eigenvalue weighted by Crippen LogP contribution is -1.84. The van der Waals surface area contributed by atoms with Crippen molar-refractivity contribution < 1.29 is 0 Å². The molecule has 0 saturated carbocycles. The van der Waals surface area contributed by atoms with Gasteiger partial charge in [-0.1, -0.05) is 10.8 Å². The summed E-state index contributed by atoms with van der Waals surface area (Å²) in [7, 11) is 2.12. The van der Waals surface area contributed by atoms with E-state index in [1.54, 1.807) is 0 Å². The summed E-state index contributed by atoms with van der Waals surface area (Å²) in [5, 5.41) is 4.23. The molecule has 0 radical (unpaired) electrons. The second kappa shape index (κ2) is 2.43. The number of hydrogen-bond acceptors (Lipinski definition) is 2. The number of rotatable bonds is 0. The molecule has 1 heterocycles. The van der Waals surface area contributed by atoms with Crippen LogP contribution < -0.4 is 4.72 Å². The van der Waals surface area contributed by atoms with Gasteiger partial charge >= 0.3 is 0 Å². The average Bonchev–Trinajstić information content (AvgIpc) is 2.14. The van der Waals surface area contributed by atoms with Crippen LogP contribution in [0.3, 0.4) is 0 Å². The van der Waals surface area contributed by atoms with E-state index in [-0.39, 0.29) is 0 Å². The van der Waals surface area contributed by atoms with Crippen LogP contribution in [0.25, 0.3) is 0 Å². The fraction of sp³-hybridized carbons (Fsp3) is 0.250. The molecule has 1 aliphatic heterocycles. The van der Waals surface area contributed by atoms with E-state index >= 15 is 0 Å². The zero-order chi connectivity index (χ0) is 5.11. The van der Waals surface area contributed by atoms with E-state index in [4.69, 9.17) is 0 Å². The van der Waals surface area contributed by atoms with Crippen LogP contribution in [0, 0.1) is 0 Å². The molecule has 0 amide bonds. The van der Waals surface area contributed by atoms with Gasteiger partial charge in [0.2, 0.25) is 0 Å². The topological polar surface area (TPSA) is 12.0 Å². The smallest absolute Gasteiger partial charge is 0.0147 e. The van der Waals surface area contributed by atoms with Gasteiger partial charge in [0.25, 0.3) is 0 Å². The molecule has 3 heteroatoms. The van der Waals surface area contributed by atoms with Crippen LogP contribution in [0.2, 0.25) is 0 Å². The molecule has 0 fully saturated rings. The number of nitrogens with one attached hydrogen (secondary N) is 1. The van der Waals surface area contributed by atoms with Crippen molar-refractivity contribution in [1.29, 1.82) is 0 Å². The highest BCUT2D eigenvalue weighted by atomic mass is 33.1. The second-order valence-corrected chi connectivity index (χ2v) is 4.47. The van der Waals surface area contributed by atoms with E-state index in [1.807, 2.05) is 17.0 Å². The van der Waals surface area contributed by atoms with Crippen molar-refractivity contribution in [3.63, 3.8) is 0 Å². The van der Waals surface area contributed by atoms with Crippen LogP contribution in [0.4, 0.5) is 0 Å². The molecule has 0 aliphatic carbocycles. The first kappa shape index (κ1) is 5.25. The molecule has 0 spiro atoms. The van der Waals surface area contributed by atoms with Crippen molar-refractivity contribution in [2.45, 2.75) is 6.92 Å². The van der Waals surface area contributed by atoms with Crippen molar-refractivity contribution in [2.75, 3.05) is 0 Å². The van der Waals surface area contributed by atoms with Crippen LogP contribution in [-0.4, -0.2) is 5.37 Å². The van der Waals surface area contributed by atoms with Gasteiger partial charge < -0.3 is 4.72 Å². The zero-order valence-electron chi connectivity index (χ0n) is 4.05. The average molecular weight is 133 g/mol. The SMILES string of the molecule is CC=S1NC=CS1. The summed E-state index contributed by atoms with van der Waals surface area (Å²) < 4.78 is 3.16. The van der Waals surface area contributed by atoms with Crippen molar-refractivity contribution >= 4 is 25.9 Å². The first-order valence-corrected chi connectivity index (χ1v) is 4.73. The molecule has 0 bridgehead atoms. The quantitative estimate of drug-likeness (QED) is 0.399. The minimum absolute atomic E-state index is 0.296. The first-order valence-electron chi connectivity index (χ1n) is 2.04. The molecule has 1 aliphatic rings. The van der Waals surface area contributed by atoms with Crippen molar-refractivity contribution in [2.24, 2.45) is 0 Å². The van der Waals surface area contributed by atoms with Gasteiger partial charge in [-0.15, -0.1) is 0 Å². The van der Waals surface area contributed by atoms with Crippen LogP contribution in [0.1, 0.15) is 6.92 Å². The van der Waals surface area contributed by atoms with Crippen molar-refractivity contribution in [3.05, 3.63) is 11.6 Å². The highest BCUT2D eigenvalue weighted by molar-refractivity contribution is 8.84. The van der Waals surface area contributed by atoms with Crippen LogP contribution >= 0.6 is 20.5 Å². The molecular formula is C4H7NS2. The molecule has 40 valence electrons. The summed E-state index contributed by atoms with van der Waals surface area (Å²) in [6.07, 6.45) is 1.98. The molecule has 0 saturated heterocycles. The van der Waals surface area contributed by atoms with E-state index in [0.717, 1.165) is 0 Å². The third kappa shape index (κ3) is 1.24. The Morgan fingerprint density at radius 3 is 3.00 bits per heavy atom. The fourth-order valence-corrected chi connectivity index (χ4v) is 2.36. The Labute approximate surface area is 49.6 Å². The standard InChI is InChI=1S/C4H7NS2/c1-2-7-5-3-4-6-7/h2-5H,1H3. The van der Waals surface area contributed by atoms with Gasteiger partial charge in [-0.25, -0.2) is 0 Å². The van der Waals surface area contributed by atoms with Gasteiger partial charge in [0.1, 0.15) is 0 Å². The summed E-state index contributed by atoms with van der Waals surface area (Å²) in [5.74, 6) is 0. The van der Waals surface area contributed by atoms with Crippen molar-refractivity contribution in [3.8, 4) is 0 Å². The zero-order valence-corrected chi connectivity index (χ0v) is 5.68. The Kier molecular flexibility index (Phi) is 1.82. The third-order valence-electron chi connectivity index (χ3n) is 0.626. The van der Waals surface area contributed by atoms with E-state index in [9.17, 15) is 0 Å².